The minimum atomic E-state index is 0.668. The van der Waals surface area contributed by atoms with E-state index in [1.54, 1.807) is 6.26 Å². The molecule has 1 aliphatic rings. The average Bonchev–Trinajstić information content (AvgIpc) is 3.15. The van der Waals surface area contributed by atoms with Gasteiger partial charge in [0.05, 0.1) is 6.26 Å². The van der Waals surface area contributed by atoms with Gasteiger partial charge in [-0.2, -0.15) is 9.50 Å². The fraction of sp³-hybridized carbons (Fsp3) is 0.400. The Labute approximate surface area is 128 Å². The van der Waals surface area contributed by atoms with Crippen LogP contribution in [0.25, 0.3) is 5.78 Å². The zero-order chi connectivity index (χ0) is 15.1. The van der Waals surface area contributed by atoms with Crippen LogP contribution in [0.1, 0.15) is 11.5 Å². The van der Waals surface area contributed by atoms with Gasteiger partial charge in [0.25, 0.3) is 5.78 Å². The zero-order valence-corrected chi connectivity index (χ0v) is 12.7. The number of furan rings is 1. The van der Waals surface area contributed by atoms with E-state index in [0.29, 0.717) is 5.78 Å². The molecule has 1 aliphatic heterocycles. The van der Waals surface area contributed by atoms with Crippen molar-refractivity contribution < 1.29 is 4.42 Å². The van der Waals surface area contributed by atoms with Gasteiger partial charge in [0.15, 0.2) is 5.88 Å². The SMILES string of the molecule is Cc1cc(N2CCN(c3ccco3)CC2)n2nc(C)nc2n1. The maximum absolute atomic E-state index is 5.48. The number of aromatic nitrogens is 4. The number of hydrogen-bond donors (Lipinski definition) is 0. The number of rotatable bonds is 2. The van der Waals surface area contributed by atoms with E-state index in [-0.39, 0.29) is 0 Å². The van der Waals surface area contributed by atoms with Crippen LogP contribution in [-0.4, -0.2) is 45.8 Å². The lowest BCUT2D eigenvalue weighted by Gasteiger charge is -2.35. The molecule has 7 nitrogen and oxygen atoms in total. The highest BCUT2D eigenvalue weighted by atomic mass is 16.3. The van der Waals surface area contributed by atoms with Crippen molar-refractivity contribution in [2.24, 2.45) is 0 Å². The number of hydrogen-bond acceptors (Lipinski definition) is 6. The second-order valence-corrected chi connectivity index (χ2v) is 5.55. The van der Waals surface area contributed by atoms with Gasteiger partial charge in [-0.1, -0.05) is 0 Å². The summed E-state index contributed by atoms with van der Waals surface area (Å²) in [7, 11) is 0. The van der Waals surface area contributed by atoms with Gasteiger partial charge in [-0.05, 0) is 19.9 Å². The van der Waals surface area contributed by atoms with Gasteiger partial charge in [0.1, 0.15) is 11.6 Å². The Bertz CT molecular complexity index is 786. The molecule has 0 aliphatic carbocycles. The molecule has 0 amide bonds. The van der Waals surface area contributed by atoms with Crippen molar-refractivity contribution in [2.45, 2.75) is 13.8 Å². The van der Waals surface area contributed by atoms with Crippen molar-refractivity contribution in [3.8, 4) is 0 Å². The summed E-state index contributed by atoms with van der Waals surface area (Å²) < 4.78 is 7.31. The molecule has 0 radical (unpaired) electrons. The Hall–Kier alpha value is -2.57. The van der Waals surface area contributed by atoms with Gasteiger partial charge in [0, 0.05) is 44.0 Å². The molecule has 1 saturated heterocycles. The highest BCUT2D eigenvalue weighted by Gasteiger charge is 2.21. The van der Waals surface area contributed by atoms with E-state index in [4.69, 9.17) is 4.42 Å². The van der Waals surface area contributed by atoms with Gasteiger partial charge < -0.3 is 14.2 Å². The predicted molar refractivity (Wildman–Crippen MR) is 83.4 cm³/mol. The minimum absolute atomic E-state index is 0.668. The van der Waals surface area contributed by atoms with Crippen LogP contribution in [0.3, 0.4) is 0 Å². The Balaban J connectivity index is 1.61. The number of anilines is 2. The number of fused-ring (bicyclic) bond motifs is 1. The van der Waals surface area contributed by atoms with Crippen molar-refractivity contribution in [3.05, 3.63) is 36.0 Å². The average molecular weight is 298 g/mol. The molecule has 0 atom stereocenters. The van der Waals surface area contributed by atoms with Gasteiger partial charge in [-0.3, -0.25) is 0 Å². The van der Waals surface area contributed by atoms with Crippen LogP contribution < -0.4 is 9.80 Å². The summed E-state index contributed by atoms with van der Waals surface area (Å²) in [5.74, 6) is 3.41. The zero-order valence-electron chi connectivity index (χ0n) is 12.7. The largest absolute Gasteiger partial charge is 0.449 e. The molecule has 22 heavy (non-hydrogen) atoms. The Morgan fingerprint density at radius 2 is 1.82 bits per heavy atom. The third kappa shape index (κ3) is 2.18. The lowest BCUT2D eigenvalue weighted by atomic mass is 10.3. The first kappa shape index (κ1) is 13.1. The standard InChI is InChI=1S/C15H18N6O/c1-11-10-13(21-15(16-11)17-12(2)18-21)19-5-7-20(8-6-19)14-4-3-9-22-14/h3-4,9-10H,5-8H2,1-2H3. The van der Waals surface area contributed by atoms with Crippen molar-refractivity contribution in [1.29, 1.82) is 0 Å². The first-order chi connectivity index (χ1) is 10.7. The number of aryl methyl sites for hydroxylation is 2. The molecule has 0 saturated carbocycles. The summed E-state index contributed by atoms with van der Waals surface area (Å²) in [6.45, 7) is 7.56. The molecular formula is C15H18N6O. The van der Waals surface area contributed by atoms with Gasteiger partial charge in [-0.15, -0.1) is 5.10 Å². The van der Waals surface area contributed by atoms with E-state index in [0.717, 1.165) is 49.4 Å². The maximum Gasteiger partial charge on any atom is 0.254 e. The maximum atomic E-state index is 5.48. The van der Waals surface area contributed by atoms with E-state index in [2.05, 4.69) is 30.9 Å². The quantitative estimate of drug-likeness (QED) is 0.717. The molecule has 1 fully saturated rings. The van der Waals surface area contributed by atoms with Crippen LogP contribution in [0.15, 0.2) is 28.9 Å². The molecule has 0 N–H and O–H groups in total. The number of nitrogens with zero attached hydrogens (tertiary/aromatic N) is 6. The molecule has 7 heteroatoms. The van der Waals surface area contributed by atoms with Crippen LogP contribution in [0.5, 0.6) is 0 Å². The van der Waals surface area contributed by atoms with Crippen molar-refractivity contribution in [1.82, 2.24) is 19.6 Å². The first-order valence-electron chi connectivity index (χ1n) is 7.45. The van der Waals surface area contributed by atoms with Gasteiger partial charge in [-0.25, -0.2) is 4.98 Å². The molecular weight excluding hydrogens is 280 g/mol. The molecule has 0 bridgehead atoms. The van der Waals surface area contributed by atoms with Gasteiger partial charge >= 0.3 is 0 Å². The molecule has 0 unspecified atom stereocenters. The molecule has 4 rings (SSSR count). The molecule has 4 heterocycles. The van der Waals surface area contributed by atoms with Crippen molar-refractivity contribution >= 4 is 17.5 Å². The summed E-state index contributed by atoms with van der Waals surface area (Å²) in [6.07, 6.45) is 1.72. The lowest BCUT2D eigenvalue weighted by molar-refractivity contribution is 0.524. The van der Waals surface area contributed by atoms with Crippen LogP contribution in [-0.2, 0) is 0 Å². The monoisotopic (exact) mass is 298 g/mol. The fourth-order valence-electron chi connectivity index (χ4n) is 2.90. The smallest absolute Gasteiger partial charge is 0.254 e. The Kier molecular flexibility index (Phi) is 2.99. The van der Waals surface area contributed by atoms with Crippen LogP contribution in [0.4, 0.5) is 11.7 Å². The topological polar surface area (TPSA) is 62.7 Å². The summed E-state index contributed by atoms with van der Waals surface area (Å²) in [5.41, 5.74) is 0.961. The Morgan fingerprint density at radius 3 is 2.55 bits per heavy atom. The normalized spacial score (nSPS) is 15.7. The molecule has 0 aromatic carbocycles. The molecule has 114 valence electrons. The second kappa shape index (κ2) is 5.01. The lowest BCUT2D eigenvalue weighted by Crippen LogP contribution is -2.47. The van der Waals surface area contributed by atoms with Crippen molar-refractivity contribution in [2.75, 3.05) is 36.0 Å². The van der Waals surface area contributed by atoms with Crippen molar-refractivity contribution in [3.63, 3.8) is 0 Å². The van der Waals surface area contributed by atoms with E-state index < -0.39 is 0 Å². The van der Waals surface area contributed by atoms with E-state index in [1.807, 2.05) is 30.5 Å². The van der Waals surface area contributed by atoms with Crippen LogP contribution in [0, 0.1) is 13.8 Å². The van der Waals surface area contributed by atoms with Gasteiger partial charge in [0.2, 0.25) is 0 Å². The van der Waals surface area contributed by atoms with E-state index in [1.165, 1.54) is 0 Å². The number of piperazine rings is 1. The highest BCUT2D eigenvalue weighted by Crippen LogP contribution is 2.21. The van der Waals surface area contributed by atoms with E-state index in [9.17, 15) is 0 Å². The summed E-state index contributed by atoms with van der Waals surface area (Å²) in [5, 5.41) is 4.47. The van der Waals surface area contributed by atoms with Crippen LogP contribution in [0.2, 0.25) is 0 Å². The summed E-state index contributed by atoms with van der Waals surface area (Å²) in [4.78, 5) is 13.4. The predicted octanol–water partition coefficient (Wildman–Crippen LogP) is 1.66. The third-order valence-electron chi connectivity index (χ3n) is 3.95. The highest BCUT2D eigenvalue weighted by molar-refractivity contribution is 5.49. The van der Waals surface area contributed by atoms with E-state index >= 15 is 0 Å². The summed E-state index contributed by atoms with van der Waals surface area (Å²) in [6, 6.07) is 6.00. The summed E-state index contributed by atoms with van der Waals surface area (Å²) >= 11 is 0. The molecule has 0 spiro atoms. The van der Waals surface area contributed by atoms with Crippen LogP contribution >= 0.6 is 0 Å². The minimum Gasteiger partial charge on any atom is -0.449 e. The molecule has 3 aromatic heterocycles. The second-order valence-electron chi connectivity index (χ2n) is 5.55. The fourth-order valence-corrected chi connectivity index (χ4v) is 2.90. The first-order valence-corrected chi connectivity index (χ1v) is 7.45. The molecule has 3 aromatic rings. The third-order valence-corrected chi connectivity index (χ3v) is 3.95. The Morgan fingerprint density at radius 1 is 1.05 bits per heavy atom.